The number of rotatable bonds is 3. The summed E-state index contributed by atoms with van der Waals surface area (Å²) in [5.41, 5.74) is 5.86. The van der Waals surface area contributed by atoms with E-state index in [0.29, 0.717) is 5.02 Å². The van der Waals surface area contributed by atoms with E-state index in [-0.39, 0.29) is 24.4 Å². The van der Waals surface area contributed by atoms with Crippen molar-refractivity contribution in [3.05, 3.63) is 34.6 Å². The number of methoxy groups -OCH3 is 1. The SMILES string of the molecule is COC(=O)C[C@@H](N)c1cc(Cl)ccc1F.Cl. The molecule has 1 rings (SSSR count). The molecule has 1 atom stereocenters. The van der Waals surface area contributed by atoms with E-state index >= 15 is 0 Å². The molecule has 0 radical (unpaired) electrons. The van der Waals surface area contributed by atoms with Crippen LogP contribution in [0.1, 0.15) is 18.0 Å². The Morgan fingerprint density at radius 2 is 2.25 bits per heavy atom. The zero-order valence-corrected chi connectivity index (χ0v) is 10.1. The monoisotopic (exact) mass is 267 g/mol. The second-order valence-electron chi connectivity index (χ2n) is 3.05. The summed E-state index contributed by atoms with van der Waals surface area (Å²) in [6.07, 6.45) is -0.0756. The van der Waals surface area contributed by atoms with Crippen molar-refractivity contribution in [1.29, 1.82) is 0 Å². The molecule has 0 aliphatic carbocycles. The van der Waals surface area contributed by atoms with Gasteiger partial charge >= 0.3 is 5.97 Å². The van der Waals surface area contributed by atoms with Crippen molar-refractivity contribution < 1.29 is 13.9 Å². The number of hydrogen-bond acceptors (Lipinski definition) is 3. The summed E-state index contributed by atoms with van der Waals surface area (Å²) in [5, 5.41) is 0.381. The molecule has 0 spiro atoms. The van der Waals surface area contributed by atoms with Crippen LogP contribution in [-0.2, 0) is 9.53 Å². The lowest BCUT2D eigenvalue weighted by atomic mass is 10.0. The molecule has 0 amide bonds. The standard InChI is InChI=1S/C10H11ClFNO2.ClH/c1-15-10(14)5-9(13)7-4-6(11)2-3-8(7)12;/h2-4,9H,5,13H2,1H3;1H/t9-;/m1./s1. The van der Waals surface area contributed by atoms with Crippen molar-refractivity contribution >= 4 is 30.0 Å². The van der Waals surface area contributed by atoms with Crippen LogP contribution in [0.2, 0.25) is 5.02 Å². The Labute approximate surface area is 104 Å². The molecule has 0 unspecified atom stereocenters. The van der Waals surface area contributed by atoms with Crippen molar-refractivity contribution in [1.82, 2.24) is 0 Å². The normalized spacial score (nSPS) is 11.5. The van der Waals surface area contributed by atoms with E-state index in [1.54, 1.807) is 0 Å². The van der Waals surface area contributed by atoms with Crippen LogP contribution in [0.25, 0.3) is 0 Å². The zero-order chi connectivity index (χ0) is 11.4. The number of ether oxygens (including phenoxy) is 1. The Kier molecular flexibility index (Phi) is 6.33. The van der Waals surface area contributed by atoms with Gasteiger partial charge in [0.25, 0.3) is 0 Å². The van der Waals surface area contributed by atoms with Gasteiger partial charge in [-0.3, -0.25) is 4.79 Å². The molecule has 16 heavy (non-hydrogen) atoms. The Hall–Kier alpha value is -0.840. The van der Waals surface area contributed by atoms with Crippen LogP contribution < -0.4 is 5.73 Å². The second kappa shape index (κ2) is 6.68. The minimum Gasteiger partial charge on any atom is -0.469 e. The molecule has 0 saturated carbocycles. The minimum absolute atomic E-state index is 0. The summed E-state index contributed by atoms with van der Waals surface area (Å²) in [4.78, 5) is 10.9. The molecule has 2 N–H and O–H groups in total. The van der Waals surface area contributed by atoms with E-state index in [1.165, 1.54) is 25.3 Å². The highest BCUT2D eigenvalue weighted by Crippen LogP contribution is 2.22. The van der Waals surface area contributed by atoms with E-state index in [9.17, 15) is 9.18 Å². The number of esters is 1. The van der Waals surface area contributed by atoms with Gasteiger partial charge in [0.15, 0.2) is 0 Å². The lowest BCUT2D eigenvalue weighted by Crippen LogP contribution is -2.17. The predicted octanol–water partition coefficient (Wildman–Crippen LogP) is 2.46. The van der Waals surface area contributed by atoms with E-state index in [4.69, 9.17) is 17.3 Å². The molecule has 0 fully saturated rings. The van der Waals surface area contributed by atoms with E-state index in [2.05, 4.69) is 4.74 Å². The van der Waals surface area contributed by atoms with Gasteiger partial charge in [-0.2, -0.15) is 0 Å². The van der Waals surface area contributed by atoms with E-state index < -0.39 is 17.8 Å². The maximum absolute atomic E-state index is 13.3. The highest BCUT2D eigenvalue weighted by molar-refractivity contribution is 6.30. The number of benzene rings is 1. The summed E-state index contributed by atoms with van der Waals surface area (Å²) in [6.45, 7) is 0. The van der Waals surface area contributed by atoms with Crippen LogP contribution in [0.15, 0.2) is 18.2 Å². The first-order chi connectivity index (χ1) is 7.04. The molecule has 1 aromatic carbocycles. The van der Waals surface area contributed by atoms with Gasteiger partial charge in [-0.25, -0.2) is 4.39 Å². The average molecular weight is 268 g/mol. The molecular weight excluding hydrogens is 256 g/mol. The summed E-state index contributed by atoms with van der Waals surface area (Å²) in [6, 6.07) is 3.31. The third-order valence-corrected chi connectivity index (χ3v) is 2.21. The van der Waals surface area contributed by atoms with E-state index in [0.717, 1.165) is 0 Å². The molecule has 0 bridgehead atoms. The molecule has 1 aromatic rings. The maximum atomic E-state index is 13.3. The Morgan fingerprint density at radius 3 is 2.81 bits per heavy atom. The molecule has 0 saturated heterocycles. The average Bonchev–Trinajstić information content (AvgIpc) is 2.21. The van der Waals surface area contributed by atoms with Crippen molar-refractivity contribution in [2.24, 2.45) is 5.73 Å². The quantitative estimate of drug-likeness (QED) is 0.857. The summed E-state index contributed by atoms with van der Waals surface area (Å²) >= 11 is 5.69. The number of halogens is 3. The van der Waals surface area contributed by atoms with Gasteiger partial charge in [0, 0.05) is 16.6 Å². The van der Waals surface area contributed by atoms with Crippen molar-refractivity contribution in [3.8, 4) is 0 Å². The Morgan fingerprint density at radius 1 is 1.62 bits per heavy atom. The fourth-order valence-electron chi connectivity index (χ4n) is 1.17. The number of nitrogens with two attached hydrogens (primary N) is 1. The Bertz CT molecular complexity index is 374. The lowest BCUT2D eigenvalue weighted by molar-refractivity contribution is -0.141. The summed E-state index contributed by atoms with van der Waals surface area (Å²) < 4.78 is 17.7. The van der Waals surface area contributed by atoms with Crippen LogP contribution >= 0.6 is 24.0 Å². The summed E-state index contributed by atoms with van der Waals surface area (Å²) in [5.74, 6) is -0.960. The molecule has 0 aliphatic rings. The third kappa shape index (κ3) is 3.96. The van der Waals surface area contributed by atoms with Gasteiger partial charge in [0.05, 0.1) is 13.5 Å². The van der Waals surface area contributed by atoms with Crippen molar-refractivity contribution in [2.75, 3.05) is 7.11 Å². The fraction of sp³-hybridized carbons (Fsp3) is 0.300. The van der Waals surface area contributed by atoms with Crippen molar-refractivity contribution in [2.45, 2.75) is 12.5 Å². The molecule has 3 nitrogen and oxygen atoms in total. The lowest BCUT2D eigenvalue weighted by Gasteiger charge is -2.11. The minimum atomic E-state index is -0.740. The highest BCUT2D eigenvalue weighted by Gasteiger charge is 2.15. The smallest absolute Gasteiger partial charge is 0.307 e. The number of carbonyl (C=O) groups excluding carboxylic acids is 1. The second-order valence-corrected chi connectivity index (χ2v) is 3.49. The van der Waals surface area contributed by atoms with Gasteiger partial charge in [0.1, 0.15) is 5.82 Å². The topological polar surface area (TPSA) is 52.3 Å². The maximum Gasteiger partial charge on any atom is 0.307 e. The fourth-order valence-corrected chi connectivity index (χ4v) is 1.35. The van der Waals surface area contributed by atoms with Crippen molar-refractivity contribution in [3.63, 3.8) is 0 Å². The molecular formula is C10H12Cl2FNO2. The molecule has 0 aliphatic heterocycles. The summed E-state index contributed by atoms with van der Waals surface area (Å²) in [7, 11) is 1.25. The molecule has 90 valence electrons. The van der Waals surface area contributed by atoms with Gasteiger partial charge in [-0.05, 0) is 18.2 Å². The first-order valence-corrected chi connectivity index (χ1v) is 4.69. The first kappa shape index (κ1) is 15.2. The van der Waals surface area contributed by atoms with Crippen LogP contribution in [0.4, 0.5) is 4.39 Å². The van der Waals surface area contributed by atoms with Crippen LogP contribution in [-0.4, -0.2) is 13.1 Å². The van der Waals surface area contributed by atoms with Gasteiger partial charge in [0.2, 0.25) is 0 Å². The van der Waals surface area contributed by atoms with Gasteiger partial charge in [-0.1, -0.05) is 11.6 Å². The van der Waals surface area contributed by atoms with Gasteiger partial charge in [-0.15, -0.1) is 12.4 Å². The molecule has 6 heteroatoms. The number of carbonyl (C=O) groups is 1. The highest BCUT2D eigenvalue weighted by atomic mass is 35.5. The van der Waals surface area contributed by atoms with Gasteiger partial charge < -0.3 is 10.5 Å². The third-order valence-electron chi connectivity index (χ3n) is 1.97. The van der Waals surface area contributed by atoms with Crippen LogP contribution in [0.5, 0.6) is 0 Å². The van der Waals surface area contributed by atoms with Crippen LogP contribution in [0, 0.1) is 5.82 Å². The zero-order valence-electron chi connectivity index (χ0n) is 8.57. The molecule has 0 aromatic heterocycles. The largest absolute Gasteiger partial charge is 0.469 e. The predicted molar refractivity (Wildman–Crippen MR) is 62.2 cm³/mol. The van der Waals surface area contributed by atoms with Crippen LogP contribution in [0.3, 0.4) is 0 Å². The molecule has 0 heterocycles. The Balaban J connectivity index is 0.00000225. The first-order valence-electron chi connectivity index (χ1n) is 4.32. The van der Waals surface area contributed by atoms with E-state index in [1.807, 2.05) is 0 Å². The number of hydrogen-bond donors (Lipinski definition) is 1.